The lowest BCUT2D eigenvalue weighted by atomic mass is 10.1. The van der Waals surface area contributed by atoms with Crippen molar-refractivity contribution in [3.05, 3.63) is 59.7 Å². The second kappa shape index (κ2) is 9.63. The number of hydrogen-bond donors (Lipinski definition) is 1. The lowest BCUT2D eigenvalue weighted by Crippen LogP contribution is -2.50. The molecule has 9 nitrogen and oxygen atoms in total. The lowest BCUT2D eigenvalue weighted by Gasteiger charge is -2.34. The van der Waals surface area contributed by atoms with Crippen LogP contribution in [0.2, 0.25) is 0 Å². The van der Waals surface area contributed by atoms with Crippen molar-refractivity contribution in [3.63, 3.8) is 0 Å². The van der Waals surface area contributed by atoms with Crippen LogP contribution in [0.4, 0.5) is 4.79 Å². The molecule has 0 aromatic carbocycles. The maximum atomic E-state index is 12.8. The second-order valence-electron chi connectivity index (χ2n) is 6.41. The first kappa shape index (κ1) is 20.2. The molecule has 0 aliphatic carbocycles. The Balaban J connectivity index is 1.58. The van der Waals surface area contributed by atoms with E-state index in [1.165, 1.54) is 12.3 Å². The summed E-state index contributed by atoms with van der Waals surface area (Å²) in [6, 6.07) is 8.51. The van der Waals surface area contributed by atoms with Gasteiger partial charge in [0.15, 0.2) is 0 Å². The molecule has 3 amide bonds. The fourth-order valence-electron chi connectivity index (χ4n) is 2.94. The van der Waals surface area contributed by atoms with Gasteiger partial charge in [-0.05, 0) is 31.2 Å². The number of amides is 3. The summed E-state index contributed by atoms with van der Waals surface area (Å²) in [6.07, 6.45) is 2.73. The van der Waals surface area contributed by atoms with Gasteiger partial charge in [-0.3, -0.25) is 19.6 Å². The van der Waals surface area contributed by atoms with Gasteiger partial charge in [0.05, 0.1) is 18.8 Å². The van der Waals surface area contributed by atoms with Crippen molar-refractivity contribution in [1.82, 2.24) is 25.1 Å². The molecular weight excluding hydrogens is 374 g/mol. The molecule has 1 fully saturated rings. The highest BCUT2D eigenvalue weighted by Crippen LogP contribution is 2.11. The zero-order valence-electron chi connectivity index (χ0n) is 16.2. The van der Waals surface area contributed by atoms with E-state index in [-0.39, 0.29) is 30.1 Å². The minimum absolute atomic E-state index is 0.164. The van der Waals surface area contributed by atoms with Crippen LogP contribution in [0, 0.1) is 0 Å². The summed E-state index contributed by atoms with van der Waals surface area (Å²) < 4.78 is 4.99. The van der Waals surface area contributed by atoms with E-state index in [4.69, 9.17) is 4.74 Å². The molecule has 0 atom stereocenters. The summed E-state index contributed by atoms with van der Waals surface area (Å²) in [5.74, 6) is -0.577. The van der Waals surface area contributed by atoms with Gasteiger partial charge in [-0.1, -0.05) is 6.07 Å². The first-order valence-electron chi connectivity index (χ1n) is 9.43. The number of rotatable bonds is 5. The van der Waals surface area contributed by atoms with Crippen molar-refractivity contribution in [1.29, 1.82) is 0 Å². The van der Waals surface area contributed by atoms with E-state index in [2.05, 4.69) is 15.3 Å². The summed E-state index contributed by atoms with van der Waals surface area (Å²) >= 11 is 0. The SMILES string of the molecule is CCOC(=O)N1CCN(C(=O)c2ccnc(C(=O)NCc3ccccn3)c2)CC1. The molecule has 0 spiro atoms. The van der Waals surface area contributed by atoms with Gasteiger partial charge < -0.3 is 19.9 Å². The van der Waals surface area contributed by atoms with E-state index in [1.807, 2.05) is 12.1 Å². The fraction of sp³-hybridized carbons (Fsp3) is 0.350. The molecule has 1 N–H and O–H groups in total. The third-order valence-electron chi connectivity index (χ3n) is 4.49. The standard InChI is InChI=1S/C20H23N5O4/c1-2-29-20(28)25-11-9-24(10-12-25)19(27)15-6-8-22-17(13-15)18(26)23-14-16-5-3-4-7-21-16/h3-8,13H,2,9-12,14H2,1H3,(H,23,26). The molecule has 29 heavy (non-hydrogen) atoms. The summed E-state index contributed by atoms with van der Waals surface area (Å²) in [7, 11) is 0. The molecule has 9 heteroatoms. The molecule has 0 unspecified atom stereocenters. The Labute approximate surface area is 168 Å². The van der Waals surface area contributed by atoms with Gasteiger partial charge >= 0.3 is 6.09 Å². The highest BCUT2D eigenvalue weighted by molar-refractivity contribution is 5.98. The number of carbonyl (C=O) groups is 3. The summed E-state index contributed by atoms with van der Waals surface area (Å²) in [4.78, 5) is 48.4. The molecule has 0 bridgehead atoms. The van der Waals surface area contributed by atoms with Crippen LogP contribution in [0.15, 0.2) is 42.7 Å². The van der Waals surface area contributed by atoms with Crippen LogP contribution >= 0.6 is 0 Å². The molecule has 1 aliphatic heterocycles. The molecule has 0 radical (unpaired) electrons. The Morgan fingerprint density at radius 3 is 2.48 bits per heavy atom. The average molecular weight is 397 g/mol. The topological polar surface area (TPSA) is 105 Å². The average Bonchev–Trinajstić information content (AvgIpc) is 2.78. The maximum Gasteiger partial charge on any atom is 0.409 e. The van der Waals surface area contributed by atoms with E-state index in [9.17, 15) is 14.4 Å². The van der Waals surface area contributed by atoms with Gasteiger partial charge in [-0.15, -0.1) is 0 Å². The predicted octanol–water partition coefficient (Wildman–Crippen LogP) is 1.32. The minimum atomic E-state index is -0.377. The summed E-state index contributed by atoms with van der Waals surface area (Å²) in [6.45, 7) is 3.98. The quantitative estimate of drug-likeness (QED) is 0.816. The lowest BCUT2D eigenvalue weighted by molar-refractivity contribution is 0.0570. The van der Waals surface area contributed by atoms with E-state index in [0.29, 0.717) is 38.3 Å². The Morgan fingerprint density at radius 1 is 1.03 bits per heavy atom. The Bertz CT molecular complexity index is 866. The molecule has 2 aromatic heterocycles. The third kappa shape index (κ3) is 5.28. The van der Waals surface area contributed by atoms with E-state index in [0.717, 1.165) is 5.69 Å². The van der Waals surface area contributed by atoms with Gasteiger partial charge in [0.1, 0.15) is 5.69 Å². The summed E-state index contributed by atoms with van der Waals surface area (Å²) in [5, 5.41) is 2.74. The molecule has 2 aromatic rings. The molecule has 3 rings (SSSR count). The second-order valence-corrected chi connectivity index (χ2v) is 6.41. The highest BCUT2D eigenvalue weighted by Gasteiger charge is 2.26. The first-order valence-corrected chi connectivity index (χ1v) is 9.43. The van der Waals surface area contributed by atoms with Crippen molar-refractivity contribution < 1.29 is 19.1 Å². The van der Waals surface area contributed by atoms with Crippen LogP contribution in [0.25, 0.3) is 0 Å². The molecule has 1 aliphatic rings. The number of ether oxygens (including phenoxy) is 1. The van der Waals surface area contributed by atoms with Crippen molar-refractivity contribution in [2.24, 2.45) is 0 Å². The van der Waals surface area contributed by atoms with Crippen molar-refractivity contribution in [2.75, 3.05) is 32.8 Å². The van der Waals surface area contributed by atoms with Crippen LogP contribution in [-0.2, 0) is 11.3 Å². The molecule has 1 saturated heterocycles. The van der Waals surface area contributed by atoms with Gasteiger partial charge in [0, 0.05) is 44.1 Å². The van der Waals surface area contributed by atoms with E-state index in [1.54, 1.807) is 35.1 Å². The number of aromatic nitrogens is 2. The number of hydrogen-bond acceptors (Lipinski definition) is 6. The normalized spacial score (nSPS) is 13.7. The zero-order chi connectivity index (χ0) is 20.6. The maximum absolute atomic E-state index is 12.8. The Morgan fingerprint density at radius 2 is 1.79 bits per heavy atom. The number of nitrogens with one attached hydrogen (secondary N) is 1. The molecule has 152 valence electrons. The van der Waals surface area contributed by atoms with Gasteiger partial charge in [0.2, 0.25) is 0 Å². The Kier molecular flexibility index (Phi) is 6.72. The van der Waals surface area contributed by atoms with E-state index >= 15 is 0 Å². The number of nitrogens with zero attached hydrogens (tertiary/aromatic N) is 4. The Hall–Kier alpha value is -3.49. The monoisotopic (exact) mass is 397 g/mol. The predicted molar refractivity (Wildman–Crippen MR) is 104 cm³/mol. The summed E-state index contributed by atoms with van der Waals surface area (Å²) in [5.41, 5.74) is 1.28. The van der Waals surface area contributed by atoms with Gasteiger partial charge in [0.25, 0.3) is 11.8 Å². The molecular formula is C20H23N5O4. The highest BCUT2D eigenvalue weighted by atomic mass is 16.6. The van der Waals surface area contributed by atoms with Crippen LogP contribution in [-0.4, -0.2) is 70.5 Å². The van der Waals surface area contributed by atoms with Crippen LogP contribution in [0.5, 0.6) is 0 Å². The molecule has 0 saturated carbocycles. The van der Waals surface area contributed by atoms with Crippen LogP contribution in [0.1, 0.15) is 33.5 Å². The largest absolute Gasteiger partial charge is 0.450 e. The zero-order valence-corrected chi connectivity index (χ0v) is 16.2. The smallest absolute Gasteiger partial charge is 0.409 e. The van der Waals surface area contributed by atoms with Gasteiger partial charge in [-0.2, -0.15) is 0 Å². The third-order valence-corrected chi connectivity index (χ3v) is 4.49. The fourth-order valence-corrected chi connectivity index (χ4v) is 2.94. The first-order chi connectivity index (χ1) is 14.1. The minimum Gasteiger partial charge on any atom is -0.450 e. The van der Waals surface area contributed by atoms with E-state index < -0.39 is 0 Å². The number of piperazine rings is 1. The van der Waals surface area contributed by atoms with Crippen LogP contribution < -0.4 is 5.32 Å². The van der Waals surface area contributed by atoms with Gasteiger partial charge in [-0.25, -0.2) is 4.79 Å². The van der Waals surface area contributed by atoms with Crippen LogP contribution in [0.3, 0.4) is 0 Å². The van der Waals surface area contributed by atoms with Crippen molar-refractivity contribution in [2.45, 2.75) is 13.5 Å². The molecule has 3 heterocycles. The number of carbonyl (C=O) groups excluding carboxylic acids is 3. The van der Waals surface area contributed by atoms with Crippen molar-refractivity contribution in [3.8, 4) is 0 Å². The van der Waals surface area contributed by atoms with Crippen molar-refractivity contribution >= 4 is 17.9 Å². The number of pyridine rings is 2.